The Morgan fingerprint density at radius 2 is 0.938 bits per heavy atom. The molecule has 14 rings (SSSR count). The average molecular weight is 843 g/mol. The van der Waals surface area contributed by atoms with Crippen molar-refractivity contribution in [3.8, 4) is 71.3 Å². The Morgan fingerprint density at radius 1 is 0.369 bits per heavy atom. The van der Waals surface area contributed by atoms with Gasteiger partial charge in [-0.3, -0.25) is 0 Å². The quantitative estimate of drug-likeness (QED) is 0.169. The van der Waals surface area contributed by atoms with Crippen molar-refractivity contribution < 1.29 is 0 Å². The number of hydrogen-bond donors (Lipinski definition) is 0. The number of rotatable bonds is 5. The first-order valence-electron chi connectivity index (χ1n) is 22.4. The minimum absolute atomic E-state index is 0.490. The molecule has 0 saturated carbocycles. The van der Waals surface area contributed by atoms with Crippen molar-refractivity contribution in [2.75, 3.05) is 0 Å². The monoisotopic (exact) mass is 842 g/mol. The van der Waals surface area contributed by atoms with Crippen molar-refractivity contribution in [3.63, 3.8) is 0 Å². The summed E-state index contributed by atoms with van der Waals surface area (Å²) in [5.41, 5.74) is 20.5. The van der Waals surface area contributed by atoms with Crippen LogP contribution in [0.3, 0.4) is 0 Å². The Kier molecular flexibility index (Phi) is 7.80. The molecule has 0 unspecified atom stereocenters. The van der Waals surface area contributed by atoms with Crippen LogP contribution in [0.25, 0.3) is 104 Å². The number of para-hydroxylation sites is 1. The van der Waals surface area contributed by atoms with E-state index in [9.17, 15) is 0 Å². The highest BCUT2D eigenvalue weighted by molar-refractivity contribution is 7.19. The summed E-state index contributed by atoms with van der Waals surface area (Å²) in [6, 6.07) is 85.2. The summed E-state index contributed by atoms with van der Waals surface area (Å²) >= 11 is 1.76. The summed E-state index contributed by atoms with van der Waals surface area (Å²) in [5, 5.41) is 6.11. The topological polar surface area (TPSA) is 17.8 Å². The summed E-state index contributed by atoms with van der Waals surface area (Å²) in [6.07, 6.45) is 0. The maximum Gasteiger partial charge on any atom is 0.124 e. The van der Waals surface area contributed by atoms with Gasteiger partial charge in [-0.05, 0) is 108 Å². The van der Waals surface area contributed by atoms with E-state index in [0.29, 0.717) is 0 Å². The Hall–Kier alpha value is -8.11. The summed E-state index contributed by atoms with van der Waals surface area (Å²) < 4.78 is 2.47. The minimum atomic E-state index is -0.490. The molecule has 65 heavy (non-hydrogen) atoms. The van der Waals surface area contributed by atoms with E-state index in [0.717, 1.165) is 27.5 Å². The fourth-order valence-electron chi connectivity index (χ4n) is 11.3. The van der Waals surface area contributed by atoms with Gasteiger partial charge in [-0.2, -0.15) is 0 Å². The van der Waals surface area contributed by atoms with Crippen molar-refractivity contribution in [2.45, 2.75) is 5.41 Å². The standard InChI is InChI=1S/C62H38N2S/c1-4-16-41(17-5-1)59-60(42-18-6-2-7-19-42)65-61(63-59)43-32-30-39(31-33-43)44-34-35-56-50(36-44)51-37-55-49(38-57(51)64(56)45-22-8-3-9-23-45)48-26-14-20-40-21-15-29-54(58(40)48)62(55)52-27-12-10-24-46(52)47-25-11-13-28-53(47)62/h1-38H. The van der Waals surface area contributed by atoms with Crippen LogP contribution < -0.4 is 0 Å². The second-order valence-corrected chi connectivity index (χ2v) is 18.4. The molecule has 0 atom stereocenters. The number of nitrogens with zero attached hydrogens (tertiary/aromatic N) is 2. The minimum Gasteiger partial charge on any atom is -0.309 e. The maximum absolute atomic E-state index is 5.27. The first kappa shape index (κ1) is 36.4. The Balaban J connectivity index is 0.987. The van der Waals surface area contributed by atoms with Gasteiger partial charge in [0, 0.05) is 27.6 Å². The zero-order chi connectivity index (χ0) is 42.6. The zero-order valence-corrected chi connectivity index (χ0v) is 36.1. The van der Waals surface area contributed by atoms with E-state index in [1.807, 2.05) is 0 Å². The normalized spacial score (nSPS) is 13.0. The van der Waals surface area contributed by atoms with Crippen molar-refractivity contribution in [2.24, 2.45) is 0 Å². The third-order valence-corrected chi connectivity index (χ3v) is 15.2. The number of hydrogen-bond acceptors (Lipinski definition) is 2. The number of aromatic nitrogens is 2. The van der Waals surface area contributed by atoms with Crippen molar-refractivity contribution >= 4 is 43.9 Å². The van der Waals surface area contributed by atoms with Crippen LogP contribution in [0.5, 0.6) is 0 Å². The van der Waals surface area contributed by atoms with Crippen molar-refractivity contribution in [3.05, 3.63) is 253 Å². The SMILES string of the molecule is c1ccc(-c2nc(-c3ccc(-c4ccc5c(c4)c4cc6c(cc4n5-c4ccccc4)-c4cccc5cccc(c45)C64c5ccccc5-c5ccccc54)cc3)sc2-c2ccccc2)cc1. The van der Waals surface area contributed by atoms with Gasteiger partial charge in [0.15, 0.2) is 0 Å². The molecule has 302 valence electrons. The summed E-state index contributed by atoms with van der Waals surface area (Å²) in [7, 11) is 0. The van der Waals surface area contributed by atoms with Crippen LogP contribution in [0.4, 0.5) is 0 Å². The first-order chi connectivity index (χ1) is 32.2. The predicted molar refractivity (Wildman–Crippen MR) is 272 cm³/mol. The molecule has 0 amide bonds. The molecule has 3 heteroatoms. The van der Waals surface area contributed by atoms with E-state index in [1.165, 1.54) is 98.7 Å². The second kappa shape index (κ2) is 13.9. The van der Waals surface area contributed by atoms with Gasteiger partial charge in [-0.1, -0.05) is 194 Å². The third kappa shape index (κ3) is 5.19. The zero-order valence-electron chi connectivity index (χ0n) is 35.2. The van der Waals surface area contributed by atoms with Crippen LogP contribution in [0.15, 0.2) is 231 Å². The lowest BCUT2D eigenvalue weighted by molar-refractivity contribution is 0.775. The summed E-state index contributed by atoms with van der Waals surface area (Å²) in [6.45, 7) is 0. The van der Waals surface area contributed by atoms with Crippen LogP contribution in [0.2, 0.25) is 0 Å². The van der Waals surface area contributed by atoms with Crippen molar-refractivity contribution in [1.29, 1.82) is 0 Å². The van der Waals surface area contributed by atoms with Crippen LogP contribution in [0.1, 0.15) is 22.3 Å². The Labute approximate surface area is 381 Å². The van der Waals surface area contributed by atoms with E-state index >= 15 is 0 Å². The molecule has 0 fully saturated rings. The van der Waals surface area contributed by atoms with Crippen LogP contribution in [0, 0.1) is 0 Å². The van der Waals surface area contributed by atoms with Crippen molar-refractivity contribution in [1.82, 2.24) is 9.55 Å². The molecule has 2 aliphatic rings. The lowest BCUT2D eigenvalue weighted by Crippen LogP contribution is -2.31. The molecule has 10 aromatic carbocycles. The fraction of sp³-hybridized carbons (Fsp3) is 0.0161. The second-order valence-electron chi connectivity index (χ2n) is 17.4. The molecular formula is C62H38N2S. The number of benzene rings is 10. The van der Waals surface area contributed by atoms with Crippen LogP contribution >= 0.6 is 11.3 Å². The molecule has 2 aromatic heterocycles. The Bertz CT molecular complexity index is 3750. The lowest BCUT2D eigenvalue weighted by Gasteiger charge is -2.40. The van der Waals surface area contributed by atoms with E-state index in [1.54, 1.807) is 11.3 Å². The molecule has 1 spiro atoms. The van der Waals surface area contributed by atoms with Crippen LogP contribution in [-0.4, -0.2) is 9.55 Å². The molecule has 12 aromatic rings. The highest BCUT2D eigenvalue weighted by Gasteiger charge is 2.50. The van der Waals surface area contributed by atoms with E-state index in [-0.39, 0.29) is 0 Å². The predicted octanol–water partition coefficient (Wildman–Crippen LogP) is 16.4. The van der Waals surface area contributed by atoms with Gasteiger partial charge < -0.3 is 4.57 Å². The van der Waals surface area contributed by atoms with Gasteiger partial charge in [0.25, 0.3) is 0 Å². The number of fused-ring (bicyclic) bond motifs is 12. The largest absolute Gasteiger partial charge is 0.309 e. The van der Waals surface area contributed by atoms with E-state index in [4.69, 9.17) is 4.98 Å². The van der Waals surface area contributed by atoms with Gasteiger partial charge in [0.05, 0.1) is 27.0 Å². The molecule has 0 saturated heterocycles. The van der Waals surface area contributed by atoms with Gasteiger partial charge in [-0.15, -0.1) is 11.3 Å². The molecule has 0 N–H and O–H groups in total. The molecule has 0 radical (unpaired) electrons. The Morgan fingerprint density at radius 3 is 1.66 bits per heavy atom. The van der Waals surface area contributed by atoms with Gasteiger partial charge >= 0.3 is 0 Å². The van der Waals surface area contributed by atoms with Crippen LogP contribution in [-0.2, 0) is 5.41 Å². The summed E-state index contributed by atoms with van der Waals surface area (Å²) in [5.74, 6) is 0. The fourth-order valence-corrected chi connectivity index (χ4v) is 12.4. The highest BCUT2D eigenvalue weighted by Crippen LogP contribution is 2.62. The van der Waals surface area contributed by atoms with E-state index in [2.05, 4.69) is 235 Å². The molecule has 0 bridgehead atoms. The maximum atomic E-state index is 5.27. The molecule has 2 heterocycles. The van der Waals surface area contributed by atoms with Gasteiger partial charge in [-0.25, -0.2) is 4.98 Å². The molecule has 0 aliphatic heterocycles. The molecule has 2 aliphatic carbocycles. The molecule has 2 nitrogen and oxygen atoms in total. The highest BCUT2D eigenvalue weighted by atomic mass is 32.1. The third-order valence-electron chi connectivity index (χ3n) is 14.0. The first-order valence-corrected chi connectivity index (χ1v) is 23.2. The van der Waals surface area contributed by atoms with Gasteiger partial charge in [0.2, 0.25) is 0 Å². The molecular weight excluding hydrogens is 805 g/mol. The lowest BCUT2D eigenvalue weighted by atomic mass is 9.61. The number of thiazole rings is 1. The van der Waals surface area contributed by atoms with E-state index < -0.39 is 5.41 Å². The smallest absolute Gasteiger partial charge is 0.124 e. The van der Waals surface area contributed by atoms with Gasteiger partial charge in [0.1, 0.15) is 5.01 Å². The average Bonchev–Trinajstić information content (AvgIpc) is 4.06. The summed E-state index contributed by atoms with van der Waals surface area (Å²) in [4.78, 5) is 6.46.